The van der Waals surface area contributed by atoms with E-state index in [4.69, 9.17) is 26.8 Å². The standard InChI is InChI=1S/C23H14ClN3/c24-20-12-10-19(11-13-20)23-26-21(17-4-2-1-3-5-17)14-22(27-23)18-8-6-16(15-25)7-9-18/h1-14H. The molecule has 4 heteroatoms. The second-order valence-corrected chi connectivity index (χ2v) is 6.46. The Labute approximate surface area is 162 Å². The molecule has 0 amide bonds. The third-order valence-electron chi connectivity index (χ3n) is 4.21. The van der Waals surface area contributed by atoms with Crippen molar-refractivity contribution in [3.63, 3.8) is 0 Å². The van der Waals surface area contributed by atoms with Crippen molar-refractivity contribution in [1.29, 1.82) is 5.26 Å². The number of aromatic nitrogens is 2. The molecule has 0 fully saturated rings. The minimum Gasteiger partial charge on any atom is -0.228 e. The van der Waals surface area contributed by atoms with Crippen LogP contribution in [0, 0.1) is 11.3 Å². The Balaban J connectivity index is 1.88. The summed E-state index contributed by atoms with van der Waals surface area (Å²) < 4.78 is 0. The Morgan fingerprint density at radius 2 is 1.22 bits per heavy atom. The lowest BCUT2D eigenvalue weighted by Crippen LogP contribution is -1.95. The van der Waals surface area contributed by atoms with Gasteiger partial charge < -0.3 is 0 Å². The normalized spacial score (nSPS) is 10.4. The van der Waals surface area contributed by atoms with Crippen LogP contribution in [0.25, 0.3) is 33.9 Å². The molecule has 0 saturated heterocycles. The van der Waals surface area contributed by atoms with E-state index in [1.165, 1.54) is 0 Å². The Morgan fingerprint density at radius 3 is 1.81 bits per heavy atom. The zero-order chi connectivity index (χ0) is 18.6. The van der Waals surface area contributed by atoms with Gasteiger partial charge >= 0.3 is 0 Å². The quantitative estimate of drug-likeness (QED) is 0.446. The number of hydrogen-bond acceptors (Lipinski definition) is 3. The highest BCUT2D eigenvalue weighted by Crippen LogP contribution is 2.28. The van der Waals surface area contributed by atoms with Gasteiger partial charge in [-0.25, -0.2) is 9.97 Å². The van der Waals surface area contributed by atoms with E-state index in [2.05, 4.69) is 6.07 Å². The third kappa shape index (κ3) is 3.72. The molecule has 0 spiro atoms. The largest absolute Gasteiger partial charge is 0.228 e. The van der Waals surface area contributed by atoms with Crippen LogP contribution in [-0.4, -0.2) is 9.97 Å². The average molecular weight is 368 g/mol. The second kappa shape index (κ2) is 7.41. The third-order valence-corrected chi connectivity index (χ3v) is 4.46. The molecule has 0 saturated carbocycles. The van der Waals surface area contributed by atoms with Crippen molar-refractivity contribution >= 4 is 11.6 Å². The Kier molecular flexibility index (Phi) is 4.65. The van der Waals surface area contributed by atoms with Gasteiger partial charge in [0.2, 0.25) is 0 Å². The van der Waals surface area contributed by atoms with E-state index in [9.17, 15) is 0 Å². The fraction of sp³-hybridized carbons (Fsp3) is 0. The topological polar surface area (TPSA) is 49.6 Å². The molecule has 0 aliphatic rings. The van der Waals surface area contributed by atoms with Crippen molar-refractivity contribution < 1.29 is 0 Å². The smallest absolute Gasteiger partial charge is 0.160 e. The van der Waals surface area contributed by atoms with Crippen LogP contribution in [0.5, 0.6) is 0 Å². The molecule has 4 rings (SSSR count). The van der Waals surface area contributed by atoms with E-state index in [0.717, 1.165) is 28.1 Å². The number of nitriles is 1. The maximum atomic E-state index is 9.02. The zero-order valence-electron chi connectivity index (χ0n) is 14.3. The Hall–Kier alpha value is -3.48. The first-order valence-electron chi connectivity index (χ1n) is 8.44. The molecule has 0 bridgehead atoms. The van der Waals surface area contributed by atoms with Crippen molar-refractivity contribution in [2.24, 2.45) is 0 Å². The van der Waals surface area contributed by atoms with E-state index in [0.29, 0.717) is 16.4 Å². The van der Waals surface area contributed by atoms with Crippen LogP contribution in [-0.2, 0) is 0 Å². The van der Waals surface area contributed by atoms with Crippen molar-refractivity contribution in [3.05, 3.63) is 95.5 Å². The van der Waals surface area contributed by atoms with Crippen LogP contribution in [0.1, 0.15) is 5.56 Å². The summed E-state index contributed by atoms with van der Waals surface area (Å²) in [4.78, 5) is 9.50. The van der Waals surface area contributed by atoms with Gasteiger partial charge in [0.25, 0.3) is 0 Å². The van der Waals surface area contributed by atoms with Crippen LogP contribution in [0.3, 0.4) is 0 Å². The molecule has 4 aromatic rings. The molecular formula is C23H14ClN3. The van der Waals surface area contributed by atoms with E-state index in [1.807, 2.05) is 72.8 Å². The molecule has 3 aromatic carbocycles. The predicted molar refractivity (Wildman–Crippen MR) is 108 cm³/mol. The van der Waals surface area contributed by atoms with Crippen LogP contribution in [0.4, 0.5) is 0 Å². The van der Waals surface area contributed by atoms with Gasteiger partial charge in [-0.3, -0.25) is 0 Å². The number of nitrogens with zero attached hydrogens (tertiary/aromatic N) is 3. The highest BCUT2D eigenvalue weighted by atomic mass is 35.5. The molecule has 0 unspecified atom stereocenters. The fourth-order valence-corrected chi connectivity index (χ4v) is 2.92. The number of benzene rings is 3. The lowest BCUT2D eigenvalue weighted by molar-refractivity contribution is 1.18. The highest BCUT2D eigenvalue weighted by Gasteiger charge is 2.10. The lowest BCUT2D eigenvalue weighted by Gasteiger charge is -2.09. The Morgan fingerprint density at radius 1 is 0.667 bits per heavy atom. The monoisotopic (exact) mass is 367 g/mol. The molecule has 1 aromatic heterocycles. The summed E-state index contributed by atoms with van der Waals surface area (Å²) in [5.74, 6) is 0.632. The van der Waals surface area contributed by atoms with Gasteiger partial charge in [0.1, 0.15) is 0 Å². The number of halogens is 1. The maximum Gasteiger partial charge on any atom is 0.160 e. The molecular weight excluding hydrogens is 354 g/mol. The number of rotatable bonds is 3. The summed E-state index contributed by atoms with van der Waals surface area (Å²) in [5.41, 5.74) is 5.11. The minimum atomic E-state index is 0.619. The number of hydrogen-bond donors (Lipinski definition) is 0. The van der Waals surface area contributed by atoms with Gasteiger partial charge in [-0.1, -0.05) is 54.1 Å². The molecule has 128 valence electrons. The molecule has 0 atom stereocenters. The van der Waals surface area contributed by atoms with Crippen LogP contribution in [0.2, 0.25) is 5.02 Å². The summed E-state index contributed by atoms with van der Waals surface area (Å²) in [6, 6.07) is 29.0. The summed E-state index contributed by atoms with van der Waals surface area (Å²) in [6.07, 6.45) is 0. The van der Waals surface area contributed by atoms with Crippen molar-refractivity contribution in [2.75, 3.05) is 0 Å². The summed E-state index contributed by atoms with van der Waals surface area (Å²) in [7, 11) is 0. The van der Waals surface area contributed by atoms with Crippen molar-refractivity contribution in [2.45, 2.75) is 0 Å². The molecule has 0 N–H and O–H groups in total. The first-order valence-corrected chi connectivity index (χ1v) is 8.82. The summed E-state index contributed by atoms with van der Waals surface area (Å²) in [6.45, 7) is 0. The Bertz CT molecular complexity index is 1110. The van der Waals surface area contributed by atoms with Gasteiger partial charge in [-0.05, 0) is 42.5 Å². The molecule has 3 nitrogen and oxygen atoms in total. The molecule has 27 heavy (non-hydrogen) atoms. The van der Waals surface area contributed by atoms with Gasteiger partial charge in [-0.2, -0.15) is 5.26 Å². The van der Waals surface area contributed by atoms with E-state index >= 15 is 0 Å². The van der Waals surface area contributed by atoms with E-state index in [-0.39, 0.29) is 0 Å². The van der Waals surface area contributed by atoms with Gasteiger partial charge in [0.15, 0.2) is 5.82 Å². The van der Waals surface area contributed by atoms with Crippen molar-refractivity contribution in [3.8, 4) is 40.0 Å². The zero-order valence-corrected chi connectivity index (χ0v) is 15.1. The lowest BCUT2D eigenvalue weighted by atomic mass is 10.1. The second-order valence-electron chi connectivity index (χ2n) is 6.02. The molecule has 0 aliphatic carbocycles. The van der Waals surface area contributed by atoms with Gasteiger partial charge in [0.05, 0.1) is 23.0 Å². The fourth-order valence-electron chi connectivity index (χ4n) is 2.80. The average Bonchev–Trinajstić information content (AvgIpc) is 2.74. The SMILES string of the molecule is N#Cc1ccc(-c2cc(-c3ccccc3)nc(-c3ccc(Cl)cc3)n2)cc1. The molecule has 0 radical (unpaired) electrons. The van der Waals surface area contributed by atoms with Gasteiger partial charge in [-0.15, -0.1) is 0 Å². The predicted octanol–water partition coefficient (Wildman–Crippen LogP) is 6.00. The van der Waals surface area contributed by atoms with E-state index < -0.39 is 0 Å². The van der Waals surface area contributed by atoms with Crippen molar-refractivity contribution in [1.82, 2.24) is 9.97 Å². The highest BCUT2D eigenvalue weighted by molar-refractivity contribution is 6.30. The minimum absolute atomic E-state index is 0.619. The summed E-state index contributed by atoms with van der Waals surface area (Å²) >= 11 is 6.01. The first-order chi connectivity index (χ1) is 13.2. The maximum absolute atomic E-state index is 9.02. The molecule has 1 heterocycles. The van der Waals surface area contributed by atoms with Crippen LogP contribution in [0.15, 0.2) is 84.9 Å². The molecule has 0 aliphatic heterocycles. The van der Waals surface area contributed by atoms with Crippen LogP contribution >= 0.6 is 11.6 Å². The first kappa shape index (κ1) is 17.0. The van der Waals surface area contributed by atoms with Gasteiger partial charge in [0, 0.05) is 21.7 Å². The van der Waals surface area contributed by atoms with Crippen LogP contribution < -0.4 is 0 Å². The summed E-state index contributed by atoms with van der Waals surface area (Å²) in [5, 5.41) is 9.69. The van der Waals surface area contributed by atoms with E-state index in [1.54, 1.807) is 12.1 Å².